The van der Waals surface area contributed by atoms with Crippen molar-refractivity contribution >= 4 is 22.9 Å². The summed E-state index contributed by atoms with van der Waals surface area (Å²) < 4.78 is 3.70. The number of rotatable bonds is 7. The fourth-order valence-corrected chi connectivity index (χ4v) is 3.02. The van der Waals surface area contributed by atoms with Crippen LogP contribution in [0.4, 0.5) is 11.8 Å². The highest BCUT2D eigenvalue weighted by atomic mass is 16.3. The lowest BCUT2D eigenvalue weighted by molar-refractivity contribution is 0.282. The van der Waals surface area contributed by atoms with Crippen molar-refractivity contribution in [1.29, 1.82) is 0 Å². The van der Waals surface area contributed by atoms with Crippen molar-refractivity contribution < 1.29 is 5.11 Å². The molecule has 144 valence electrons. The lowest BCUT2D eigenvalue weighted by Gasteiger charge is -2.09. The SMILES string of the molecule is CCCn1c(-n2cccn2)nc2c(N)nc(NCc3ccc(CO)cc3)nc21. The quantitative estimate of drug-likeness (QED) is 0.450. The summed E-state index contributed by atoms with van der Waals surface area (Å²) >= 11 is 0. The van der Waals surface area contributed by atoms with E-state index in [4.69, 9.17) is 10.8 Å². The van der Waals surface area contributed by atoms with Gasteiger partial charge in [-0.3, -0.25) is 4.57 Å². The minimum Gasteiger partial charge on any atom is -0.392 e. The predicted octanol–water partition coefficient (Wildman–Crippen LogP) is 2.11. The van der Waals surface area contributed by atoms with E-state index < -0.39 is 0 Å². The van der Waals surface area contributed by atoms with Crippen LogP contribution in [0.5, 0.6) is 0 Å². The van der Waals surface area contributed by atoms with E-state index in [9.17, 15) is 0 Å². The van der Waals surface area contributed by atoms with Crippen LogP contribution in [-0.2, 0) is 19.7 Å². The lowest BCUT2D eigenvalue weighted by Crippen LogP contribution is -2.09. The van der Waals surface area contributed by atoms with Crippen LogP contribution in [-0.4, -0.2) is 34.4 Å². The van der Waals surface area contributed by atoms with Gasteiger partial charge >= 0.3 is 0 Å². The third-order valence-corrected chi connectivity index (χ3v) is 4.41. The van der Waals surface area contributed by atoms with E-state index in [1.807, 2.05) is 41.1 Å². The van der Waals surface area contributed by atoms with E-state index in [-0.39, 0.29) is 6.61 Å². The Morgan fingerprint density at radius 3 is 2.57 bits per heavy atom. The van der Waals surface area contributed by atoms with E-state index in [1.54, 1.807) is 10.9 Å². The van der Waals surface area contributed by atoms with Crippen molar-refractivity contribution in [3.05, 3.63) is 53.9 Å². The maximum Gasteiger partial charge on any atom is 0.233 e. The molecule has 0 aliphatic heterocycles. The zero-order chi connectivity index (χ0) is 19.5. The van der Waals surface area contributed by atoms with E-state index >= 15 is 0 Å². The molecule has 0 spiro atoms. The Labute approximate surface area is 161 Å². The van der Waals surface area contributed by atoms with Gasteiger partial charge in [0, 0.05) is 25.5 Å². The fraction of sp³-hybridized carbons (Fsp3) is 0.263. The molecule has 9 nitrogen and oxygen atoms in total. The Kier molecular flexibility index (Phi) is 4.90. The van der Waals surface area contributed by atoms with Gasteiger partial charge < -0.3 is 16.2 Å². The number of nitrogens with zero attached hydrogens (tertiary/aromatic N) is 6. The number of aliphatic hydroxyl groups is 1. The third-order valence-electron chi connectivity index (χ3n) is 4.41. The fourth-order valence-electron chi connectivity index (χ4n) is 3.02. The summed E-state index contributed by atoms with van der Waals surface area (Å²) in [6.07, 6.45) is 4.47. The van der Waals surface area contributed by atoms with Crippen LogP contribution in [0.1, 0.15) is 24.5 Å². The number of fused-ring (bicyclic) bond motifs is 1. The third kappa shape index (κ3) is 3.39. The number of nitrogens with one attached hydrogen (secondary N) is 1. The minimum atomic E-state index is 0.0318. The molecule has 4 rings (SSSR count). The molecule has 0 saturated carbocycles. The van der Waals surface area contributed by atoms with Crippen LogP contribution in [0, 0.1) is 0 Å². The number of nitrogens with two attached hydrogens (primary N) is 1. The van der Waals surface area contributed by atoms with Crippen LogP contribution in [0.3, 0.4) is 0 Å². The van der Waals surface area contributed by atoms with Crippen LogP contribution < -0.4 is 11.1 Å². The van der Waals surface area contributed by atoms with E-state index in [0.29, 0.717) is 35.4 Å². The molecule has 3 heterocycles. The molecular formula is C19H22N8O. The Morgan fingerprint density at radius 2 is 1.89 bits per heavy atom. The second-order valence-corrected chi connectivity index (χ2v) is 6.45. The molecule has 0 aliphatic rings. The van der Waals surface area contributed by atoms with Gasteiger partial charge in [-0.2, -0.15) is 15.1 Å². The number of imidazole rings is 1. The molecule has 1 aromatic carbocycles. The molecule has 0 radical (unpaired) electrons. The van der Waals surface area contributed by atoms with Crippen LogP contribution in [0.25, 0.3) is 17.1 Å². The summed E-state index contributed by atoms with van der Waals surface area (Å²) in [5, 5.41) is 16.6. The maximum atomic E-state index is 9.14. The normalized spacial score (nSPS) is 11.2. The van der Waals surface area contributed by atoms with Gasteiger partial charge in [0.2, 0.25) is 11.9 Å². The summed E-state index contributed by atoms with van der Waals surface area (Å²) in [5.74, 6) is 1.44. The van der Waals surface area contributed by atoms with Crippen molar-refractivity contribution in [2.75, 3.05) is 11.1 Å². The number of nitrogen functional groups attached to an aromatic ring is 1. The van der Waals surface area contributed by atoms with Crippen LogP contribution >= 0.6 is 0 Å². The average molecular weight is 378 g/mol. The largest absolute Gasteiger partial charge is 0.392 e. The first kappa shape index (κ1) is 17.9. The Morgan fingerprint density at radius 1 is 1.11 bits per heavy atom. The standard InChI is InChI=1S/C19H22N8O/c1-2-9-26-17-15(23-19(26)27-10-3-8-22-27)16(20)24-18(25-17)21-11-13-4-6-14(12-28)7-5-13/h3-8,10,28H,2,9,11-12H2,1H3,(H3,20,21,24,25). The van der Waals surface area contributed by atoms with Crippen LogP contribution in [0.2, 0.25) is 0 Å². The van der Waals surface area contributed by atoms with Crippen molar-refractivity contribution in [2.24, 2.45) is 0 Å². The van der Waals surface area contributed by atoms with Gasteiger partial charge in [0.25, 0.3) is 0 Å². The monoisotopic (exact) mass is 378 g/mol. The molecule has 0 amide bonds. The molecule has 0 unspecified atom stereocenters. The zero-order valence-corrected chi connectivity index (χ0v) is 15.6. The molecule has 0 atom stereocenters. The van der Waals surface area contributed by atoms with Gasteiger partial charge in [0.15, 0.2) is 17.0 Å². The first-order valence-corrected chi connectivity index (χ1v) is 9.16. The zero-order valence-electron chi connectivity index (χ0n) is 15.6. The molecular weight excluding hydrogens is 356 g/mol. The highest BCUT2D eigenvalue weighted by Crippen LogP contribution is 2.23. The molecule has 9 heteroatoms. The summed E-state index contributed by atoms with van der Waals surface area (Å²) in [6, 6.07) is 9.54. The predicted molar refractivity (Wildman–Crippen MR) is 107 cm³/mol. The summed E-state index contributed by atoms with van der Waals surface area (Å²) in [7, 11) is 0. The summed E-state index contributed by atoms with van der Waals surface area (Å²) in [4.78, 5) is 13.6. The number of aryl methyl sites for hydroxylation is 1. The van der Waals surface area contributed by atoms with Gasteiger partial charge in [-0.05, 0) is 23.6 Å². The van der Waals surface area contributed by atoms with Gasteiger partial charge in [-0.1, -0.05) is 31.2 Å². The average Bonchev–Trinajstić information content (AvgIpc) is 3.36. The van der Waals surface area contributed by atoms with Gasteiger partial charge in [-0.25, -0.2) is 9.67 Å². The van der Waals surface area contributed by atoms with Gasteiger partial charge in [0.1, 0.15) is 0 Å². The molecule has 0 bridgehead atoms. The number of hydrogen-bond donors (Lipinski definition) is 3. The number of aliphatic hydroxyl groups excluding tert-OH is 1. The van der Waals surface area contributed by atoms with Gasteiger partial charge in [-0.15, -0.1) is 0 Å². The molecule has 3 aromatic heterocycles. The molecule has 0 saturated heterocycles. The van der Waals surface area contributed by atoms with Crippen molar-refractivity contribution in [3.8, 4) is 5.95 Å². The van der Waals surface area contributed by atoms with Crippen molar-refractivity contribution in [2.45, 2.75) is 33.0 Å². The summed E-state index contributed by atoms with van der Waals surface area (Å²) in [5.41, 5.74) is 9.35. The van der Waals surface area contributed by atoms with Crippen LogP contribution in [0.15, 0.2) is 42.7 Å². The molecule has 0 fully saturated rings. The highest BCUT2D eigenvalue weighted by molar-refractivity contribution is 5.84. The van der Waals surface area contributed by atoms with E-state index in [0.717, 1.165) is 24.1 Å². The van der Waals surface area contributed by atoms with Crippen molar-refractivity contribution in [1.82, 2.24) is 29.3 Å². The number of aromatic nitrogens is 6. The molecule has 4 aromatic rings. The lowest BCUT2D eigenvalue weighted by atomic mass is 10.1. The minimum absolute atomic E-state index is 0.0318. The second-order valence-electron chi connectivity index (χ2n) is 6.45. The number of anilines is 2. The van der Waals surface area contributed by atoms with E-state index in [1.165, 1.54) is 0 Å². The first-order valence-electron chi connectivity index (χ1n) is 9.16. The number of hydrogen-bond acceptors (Lipinski definition) is 7. The second kappa shape index (κ2) is 7.65. The van der Waals surface area contributed by atoms with Gasteiger partial charge in [0.05, 0.1) is 6.61 Å². The Bertz CT molecular complexity index is 1070. The maximum absolute atomic E-state index is 9.14. The molecule has 4 N–H and O–H groups in total. The Hall–Kier alpha value is -3.46. The van der Waals surface area contributed by atoms with Crippen molar-refractivity contribution in [3.63, 3.8) is 0 Å². The first-order chi connectivity index (χ1) is 13.7. The topological polar surface area (TPSA) is 120 Å². The molecule has 0 aliphatic carbocycles. The smallest absolute Gasteiger partial charge is 0.233 e. The molecule has 28 heavy (non-hydrogen) atoms. The summed E-state index contributed by atoms with van der Waals surface area (Å²) in [6.45, 7) is 3.41. The number of benzene rings is 1. The van der Waals surface area contributed by atoms with E-state index in [2.05, 4.69) is 32.3 Å². The Balaban J connectivity index is 1.67. The highest BCUT2D eigenvalue weighted by Gasteiger charge is 2.17.